The maximum atomic E-state index is 12.6. The Balaban J connectivity index is 3.27. The molecule has 0 radical (unpaired) electrons. The van der Waals surface area contributed by atoms with Crippen molar-refractivity contribution in [1.29, 1.82) is 0 Å². The molecule has 8 heteroatoms. The summed E-state index contributed by atoms with van der Waals surface area (Å²) in [6.45, 7) is 2.20. The summed E-state index contributed by atoms with van der Waals surface area (Å²) in [6, 6.07) is 4.28. The molecule has 1 aromatic carbocycles. The van der Waals surface area contributed by atoms with Gasteiger partial charge in [0.2, 0.25) is 0 Å². The van der Waals surface area contributed by atoms with Gasteiger partial charge in [-0.25, -0.2) is 8.78 Å². The van der Waals surface area contributed by atoms with Gasteiger partial charge in [0, 0.05) is 6.54 Å². The average molecular weight is 304 g/mol. The maximum absolute atomic E-state index is 12.6. The van der Waals surface area contributed by atoms with Crippen LogP contribution in [0.15, 0.2) is 18.2 Å². The smallest absolute Gasteiger partial charge is 0.333 e. The zero-order valence-electron chi connectivity index (χ0n) is 11.8. The Morgan fingerprint density at radius 2 is 2.10 bits per heavy atom. The predicted molar refractivity (Wildman–Crippen MR) is 74.2 cm³/mol. The first kappa shape index (κ1) is 17.1. The van der Waals surface area contributed by atoms with Gasteiger partial charge in [0.1, 0.15) is 5.69 Å². The highest BCUT2D eigenvalue weighted by atomic mass is 19.3. The Kier molecular flexibility index (Phi) is 6.29. The standard InChI is InChI=1S/C13H18F2N2O4/c1-9(2)21-11-5-3-4-10(13(11)17(19)20)16(6-7-18)8-12(14)15/h3-5,9,12,18H,6-8H2,1-2H3. The lowest BCUT2D eigenvalue weighted by Gasteiger charge is -2.24. The number of anilines is 1. The summed E-state index contributed by atoms with van der Waals surface area (Å²) in [7, 11) is 0. The molecule has 0 aliphatic rings. The van der Waals surface area contributed by atoms with Crippen molar-refractivity contribution in [2.45, 2.75) is 26.4 Å². The molecular weight excluding hydrogens is 286 g/mol. The van der Waals surface area contributed by atoms with E-state index in [1.165, 1.54) is 18.2 Å². The van der Waals surface area contributed by atoms with Crippen molar-refractivity contribution >= 4 is 11.4 Å². The molecule has 0 unspecified atom stereocenters. The van der Waals surface area contributed by atoms with Crippen molar-refractivity contribution in [2.75, 3.05) is 24.6 Å². The Labute approximate surface area is 121 Å². The van der Waals surface area contributed by atoms with E-state index < -0.39 is 17.9 Å². The largest absolute Gasteiger partial charge is 0.484 e. The lowest BCUT2D eigenvalue weighted by Crippen LogP contribution is -2.32. The van der Waals surface area contributed by atoms with E-state index in [1.807, 2.05) is 0 Å². The lowest BCUT2D eigenvalue weighted by molar-refractivity contribution is -0.385. The van der Waals surface area contributed by atoms with Crippen molar-refractivity contribution in [1.82, 2.24) is 0 Å². The minimum Gasteiger partial charge on any atom is -0.484 e. The van der Waals surface area contributed by atoms with Gasteiger partial charge >= 0.3 is 5.69 Å². The van der Waals surface area contributed by atoms with Gasteiger partial charge in [-0.1, -0.05) is 6.07 Å². The Bertz CT molecular complexity index is 483. The van der Waals surface area contributed by atoms with Gasteiger partial charge in [-0.05, 0) is 26.0 Å². The molecule has 0 fully saturated rings. The van der Waals surface area contributed by atoms with E-state index >= 15 is 0 Å². The minimum absolute atomic E-state index is 0.00694. The molecule has 0 atom stereocenters. The molecule has 21 heavy (non-hydrogen) atoms. The van der Waals surface area contributed by atoms with Crippen LogP contribution in [0.3, 0.4) is 0 Å². The summed E-state index contributed by atoms with van der Waals surface area (Å²) in [5, 5.41) is 20.2. The Hall–Kier alpha value is -1.96. The number of nitro benzene ring substituents is 1. The van der Waals surface area contributed by atoms with Crippen LogP contribution in [0.2, 0.25) is 0 Å². The number of ether oxygens (including phenoxy) is 1. The van der Waals surface area contributed by atoms with Crippen LogP contribution in [0, 0.1) is 10.1 Å². The van der Waals surface area contributed by atoms with E-state index in [0.717, 1.165) is 4.90 Å². The number of benzene rings is 1. The first-order chi connectivity index (χ1) is 9.86. The highest BCUT2D eigenvalue weighted by Gasteiger charge is 2.26. The quantitative estimate of drug-likeness (QED) is 0.589. The number of halogens is 2. The lowest BCUT2D eigenvalue weighted by atomic mass is 10.2. The monoisotopic (exact) mass is 304 g/mol. The van der Waals surface area contributed by atoms with Crippen molar-refractivity contribution in [3.63, 3.8) is 0 Å². The van der Waals surface area contributed by atoms with Crippen LogP contribution in [0.4, 0.5) is 20.2 Å². The molecule has 0 aliphatic carbocycles. The number of hydrogen-bond donors (Lipinski definition) is 1. The zero-order valence-corrected chi connectivity index (χ0v) is 11.8. The number of para-hydroxylation sites is 1. The number of nitro groups is 1. The third-order valence-electron chi connectivity index (χ3n) is 2.59. The molecule has 0 aliphatic heterocycles. The summed E-state index contributed by atoms with van der Waals surface area (Å²) < 4.78 is 30.6. The molecule has 0 saturated heterocycles. The number of hydrogen-bond acceptors (Lipinski definition) is 5. The second-order valence-corrected chi connectivity index (χ2v) is 4.61. The van der Waals surface area contributed by atoms with Crippen LogP contribution in [-0.4, -0.2) is 42.3 Å². The first-order valence-corrected chi connectivity index (χ1v) is 6.44. The SMILES string of the molecule is CC(C)Oc1cccc(N(CCO)CC(F)F)c1[N+](=O)[O-]. The van der Waals surface area contributed by atoms with Crippen molar-refractivity contribution in [3.8, 4) is 5.75 Å². The highest BCUT2D eigenvalue weighted by Crippen LogP contribution is 2.37. The van der Waals surface area contributed by atoms with Gasteiger partial charge < -0.3 is 14.7 Å². The third kappa shape index (κ3) is 4.82. The number of alkyl halides is 2. The molecular formula is C13H18F2N2O4. The zero-order chi connectivity index (χ0) is 16.0. The number of aliphatic hydroxyl groups is 1. The second kappa shape index (κ2) is 7.72. The van der Waals surface area contributed by atoms with Gasteiger partial charge in [0.05, 0.1) is 24.2 Å². The van der Waals surface area contributed by atoms with Gasteiger partial charge in [0.25, 0.3) is 6.43 Å². The molecule has 0 aromatic heterocycles. The van der Waals surface area contributed by atoms with Crippen LogP contribution >= 0.6 is 0 Å². The molecule has 0 bridgehead atoms. The van der Waals surface area contributed by atoms with Gasteiger partial charge in [0.15, 0.2) is 5.75 Å². The van der Waals surface area contributed by atoms with Crippen molar-refractivity contribution in [3.05, 3.63) is 28.3 Å². The summed E-state index contributed by atoms with van der Waals surface area (Å²) in [6.07, 6.45) is -2.97. The molecule has 1 N–H and O–H groups in total. The van der Waals surface area contributed by atoms with Gasteiger partial charge in [-0.2, -0.15) is 0 Å². The number of aliphatic hydroxyl groups excluding tert-OH is 1. The molecule has 0 amide bonds. The van der Waals surface area contributed by atoms with Crippen LogP contribution in [0.25, 0.3) is 0 Å². The molecule has 0 saturated carbocycles. The van der Waals surface area contributed by atoms with E-state index in [2.05, 4.69) is 0 Å². The molecule has 1 rings (SSSR count). The highest BCUT2D eigenvalue weighted by molar-refractivity contribution is 5.69. The van der Waals surface area contributed by atoms with Gasteiger partial charge in [-0.15, -0.1) is 0 Å². The van der Waals surface area contributed by atoms with E-state index in [9.17, 15) is 18.9 Å². The fourth-order valence-electron chi connectivity index (χ4n) is 1.90. The normalized spacial score (nSPS) is 11.0. The third-order valence-corrected chi connectivity index (χ3v) is 2.59. The molecule has 6 nitrogen and oxygen atoms in total. The molecule has 0 spiro atoms. The summed E-state index contributed by atoms with van der Waals surface area (Å²) >= 11 is 0. The van der Waals surface area contributed by atoms with Crippen LogP contribution in [0.5, 0.6) is 5.75 Å². The van der Waals surface area contributed by atoms with Crippen LogP contribution in [0.1, 0.15) is 13.8 Å². The van der Waals surface area contributed by atoms with Crippen molar-refractivity contribution in [2.24, 2.45) is 0 Å². The van der Waals surface area contributed by atoms with Gasteiger partial charge in [-0.3, -0.25) is 10.1 Å². The Morgan fingerprint density at radius 3 is 2.57 bits per heavy atom. The van der Waals surface area contributed by atoms with E-state index in [0.29, 0.717) is 0 Å². The number of nitrogens with zero attached hydrogens (tertiary/aromatic N) is 2. The maximum Gasteiger partial charge on any atom is 0.333 e. The Morgan fingerprint density at radius 1 is 1.43 bits per heavy atom. The van der Waals surface area contributed by atoms with Crippen LogP contribution in [-0.2, 0) is 0 Å². The second-order valence-electron chi connectivity index (χ2n) is 4.61. The number of rotatable bonds is 8. The first-order valence-electron chi connectivity index (χ1n) is 6.44. The summed E-state index contributed by atoms with van der Waals surface area (Å²) in [4.78, 5) is 11.7. The predicted octanol–water partition coefficient (Wildman–Crippen LogP) is 2.45. The summed E-state index contributed by atoms with van der Waals surface area (Å²) in [5.74, 6) is 0.0182. The summed E-state index contributed by atoms with van der Waals surface area (Å²) in [5.41, 5.74) is -0.368. The minimum atomic E-state index is -2.68. The molecule has 0 heterocycles. The van der Waals surface area contributed by atoms with Crippen molar-refractivity contribution < 1.29 is 23.5 Å². The van der Waals surface area contributed by atoms with Crippen LogP contribution < -0.4 is 9.64 Å². The van der Waals surface area contributed by atoms with E-state index in [-0.39, 0.29) is 36.4 Å². The molecule has 118 valence electrons. The fraction of sp³-hybridized carbons (Fsp3) is 0.538. The molecule has 1 aromatic rings. The van der Waals surface area contributed by atoms with E-state index in [1.54, 1.807) is 13.8 Å². The van der Waals surface area contributed by atoms with E-state index in [4.69, 9.17) is 9.84 Å². The average Bonchev–Trinajstić information content (AvgIpc) is 2.36. The fourth-order valence-corrected chi connectivity index (χ4v) is 1.90. The topological polar surface area (TPSA) is 75.8 Å².